The largest absolute Gasteiger partial charge is 0.396 e. The van der Waals surface area contributed by atoms with Crippen LogP contribution in [0, 0.1) is 0 Å². The maximum absolute atomic E-state index is 11.3. The molecule has 0 saturated carbocycles. The molecule has 0 radical (unpaired) electrons. The summed E-state index contributed by atoms with van der Waals surface area (Å²) in [4.78, 5) is 15.2. The zero-order valence-corrected chi connectivity index (χ0v) is 10.4. The van der Waals surface area contributed by atoms with Gasteiger partial charge in [-0.25, -0.2) is 0 Å². The zero-order chi connectivity index (χ0) is 14.1. The maximum Gasteiger partial charge on any atom is 0.271 e. The third kappa shape index (κ3) is 1.83. The fourth-order valence-electron chi connectivity index (χ4n) is 2.10. The Balaban J connectivity index is 2.32. The molecule has 98 valence electrons. The molecule has 0 spiro atoms. The molecule has 0 aliphatic heterocycles. The molecule has 6 nitrogen and oxygen atoms in total. The number of hydrogen-bond donors (Lipinski definition) is 2. The van der Waals surface area contributed by atoms with Crippen molar-refractivity contribution in [3.63, 3.8) is 0 Å². The molecule has 0 saturated heterocycles. The number of rotatable bonds is 2. The van der Waals surface area contributed by atoms with Crippen molar-refractivity contribution < 1.29 is 4.79 Å². The van der Waals surface area contributed by atoms with Crippen LogP contribution in [0.5, 0.6) is 0 Å². The molecular weight excluding hydrogens is 254 g/mol. The van der Waals surface area contributed by atoms with Crippen LogP contribution < -0.4 is 11.5 Å². The number of anilines is 1. The number of carbonyl (C=O) groups is 1. The normalized spacial score (nSPS) is 10.6. The first-order valence-corrected chi connectivity index (χ1v) is 5.93. The van der Waals surface area contributed by atoms with E-state index in [9.17, 15) is 4.79 Å². The van der Waals surface area contributed by atoms with Crippen molar-refractivity contribution in [2.75, 3.05) is 5.73 Å². The minimum atomic E-state index is -0.689. The van der Waals surface area contributed by atoms with Crippen molar-refractivity contribution in [2.45, 2.75) is 0 Å². The fraction of sp³-hybridized carbons (Fsp3) is 0. The Bertz CT molecular complexity index is 801. The molecule has 3 aromatic rings. The number of hydrogen-bond acceptors (Lipinski definition) is 5. The van der Waals surface area contributed by atoms with Crippen LogP contribution in [0.4, 0.5) is 5.69 Å². The second-order valence-corrected chi connectivity index (χ2v) is 4.26. The van der Waals surface area contributed by atoms with Gasteiger partial charge in [0.2, 0.25) is 0 Å². The Hall–Kier alpha value is -3.02. The van der Waals surface area contributed by atoms with Gasteiger partial charge in [0, 0.05) is 23.3 Å². The number of carbonyl (C=O) groups excluding carboxylic acids is 1. The van der Waals surface area contributed by atoms with Gasteiger partial charge < -0.3 is 11.5 Å². The lowest BCUT2D eigenvalue weighted by Gasteiger charge is -2.08. The fourth-order valence-corrected chi connectivity index (χ4v) is 2.10. The summed E-state index contributed by atoms with van der Waals surface area (Å²) >= 11 is 0. The average molecular weight is 265 g/mol. The average Bonchev–Trinajstić information content (AvgIpc) is 2.48. The third-order valence-corrected chi connectivity index (χ3v) is 3.06. The number of nitrogen functional groups attached to an aromatic ring is 1. The molecule has 0 atom stereocenters. The van der Waals surface area contributed by atoms with Gasteiger partial charge in [-0.2, -0.15) is 0 Å². The molecule has 0 unspecified atom stereocenters. The number of nitrogens with two attached hydrogens (primary N) is 2. The first-order valence-electron chi connectivity index (χ1n) is 5.93. The predicted octanol–water partition coefficient (Wildman–Crippen LogP) is 1.37. The van der Waals surface area contributed by atoms with Crippen LogP contribution >= 0.6 is 0 Å². The maximum atomic E-state index is 11.3. The van der Waals surface area contributed by atoms with Crippen LogP contribution in [-0.2, 0) is 0 Å². The van der Waals surface area contributed by atoms with E-state index in [-0.39, 0.29) is 11.4 Å². The van der Waals surface area contributed by atoms with Gasteiger partial charge in [-0.3, -0.25) is 9.78 Å². The first kappa shape index (κ1) is 12.0. The minimum absolute atomic E-state index is 0.00983. The molecule has 0 fully saturated rings. The molecule has 1 amide bonds. The Morgan fingerprint density at radius 1 is 1.05 bits per heavy atom. The van der Waals surface area contributed by atoms with E-state index < -0.39 is 5.91 Å². The van der Waals surface area contributed by atoms with Crippen LogP contribution in [0.3, 0.4) is 0 Å². The minimum Gasteiger partial charge on any atom is -0.396 e. The monoisotopic (exact) mass is 265 g/mol. The van der Waals surface area contributed by atoms with Gasteiger partial charge in [0.25, 0.3) is 5.91 Å². The highest BCUT2D eigenvalue weighted by molar-refractivity contribution is 6.06. The second kappa shape index (κ2) is 4.58. The quantitative estimate of drug-likeness (QED) is 0.727. The Morgan fingerprint density at radius 2 is 1.80 bits per heavy atom. The molecule has 0 aliphatic rings. The lowest BCUT2D eigenvalue weighted by atomic mass is 10.0. The standard InChI is InChI=1S/C14H11N5O/c15-11-10-3-1-2-9(8-4-6-17-7-5-8)12(10)18-19-13(11)14(16)20/h1-7H,(H2,15,18)(H2,16,20). The lowest BCUT2D eigenvalue weighted by Crippen LogP contribution is -2.16. The molecule has 2 aromatic heterocycles. The van der Waals surface area contributed by atoms with E-state index in [1.807, 2.05) is 24.3 Å². The van der Waals surface area contributed by atoms with E-state index in [0.29, 0.717) is 10.9 Å². The van der Waals surface area contributed by atoms with E-state index >= 15 is 0 Å². The summed E-state index contributed by atoms with van der Waals surface area (Å²) in [7, 11) is 0. The highest BCUT2D eigenvalue weighted by Gasteiger charge is 2.14. The Labute approximate surface area is 114 Å². The van der Waals surface area contributed by atoms with Gasteiger partial charge in [0.05, 0.1) is 5.69 Å². The summed E-state index contributed by atoms with van der Waals surface area (Å²) in [5, 5.41) is 8.57. The van der Waals surface area contributed by atoms with Crippen molar-refractivity contribution in [3.8, 4) is 11.1 Å². The van der Waals surface area contributed by atoms with Gasteiger partial charge >= 0.3 is 0 Å². The molecule has 20 heavy (non-hydrogen) atoms. The summed E-state index contributed by atoms with van der Waals surface area (Å²) in [6.45, 7) is 0. The van der Waals surface area contributed by atoms with Gasteiger partial charge in [-0.05, 0) is 17.7 Å². The number of benzene rings is 1. The molecule has 0 aliphatic carbocycles. The Morgan fingerprint density at radius 3 is 2.50 bits per heavy atom. The molecule has 3 rings (SSSR count). The molecule has 2 heterocycles. The molecular formula is C14H11N5O. The predicted molar refractivity (Wildman–Crippen MR) is 75.7 cm³/mol. The van der Waals surface area contributed by atoms with E-state index in [0.717, 1.165) is 11.1 Å². The topological polar surface area (TPSA) is 108 Å². The lowest BCUT2D eigenvalue weighted by molar-refractivity contribution is 0.0996. The highest BCUT2D eigenvalue weighted by atomic mass is 16.1. The highest BCUT2D eigenvalue weighted by Crippen LogP contribution is 2.30. The van der Waals surface area contributed by atoms with E-state index in [1.54, 1.807) is 18.5 Å². The second-order valence-electron chi connectivity index (χ2n) is 4.26. The number of aromatic nitrogens is 3. The number of fused-ring (bicyclic) bond motifs is 1. The summed E-state index contributed by atoms with van der Waals surface area (Å²) in [5.74, 6) is -0.689. The third-order valence-electron chi connectivity index (χ3n) is 3.06. The first-order chi connectivity index (χ1) is 9.68. The van der Waals surface area contributed by atoms with Crippen molar-refractivity contribution >= 4 is 22.5 Å². The van der Waals surface area contributed by atoms with Crippen LogP contribution in [0.2, 0.25) is 0 Å². The van der Waals surface area contributed by atoms with E-state index in [4.69, 9.17) is 11.5 Å². The number of amides is 1. The molecule has 4 N–H and O–H groups in total. The van der Waals surface area contributed by atoms with Crippen LogP contribution in [0.1, 0.15) is 10.5 Å². The van der Waals surface area contributed by atoms with Crippen LogP contribution in [0.15, 0.2) is 42.7 Å². The summed E-state index contributed by atoms with van der Waals surface area (Å²) < 4.78 is 0. The van der Waals surface area contributed by atoms with Gasteiger partial charge in [-0.15, -0.1) is 10.2 Å². The van der Waals surface area contributed by atoms with E-state index in [2.05, 4.69) is 15.2 Å². The molecule has 6 heteroatoms. The van der Waals surface area contributed by atoms with Gasteiger partial charge in [0.1, 0.15) is 5.52 Å². The van der Waals surface area contributed by atoms with Crippen molar-refractivity contribution in [3.05, 3.63) is 48.4 Å². The molecule has 1 aromatic carbocycles. The van der Waals surface area contributed by atoms with Crippen LogP contribution in [0.25, 0.3) is 22.0 Å². The zero-order valence-electron chi connectivity index (χ0n) is 10.4. The number of nitrogens with zero attached hydrogens (tertiary/aromatic N) is 3. The number of primary amides is 1. The van der Waals surface area contributed by atoms with Crippen molar-refractivity contribution in [1.82, 2.24) is 15.2 Å². The Kier molecular flexibility index (Phi) is 2.76. The van der Waals surface area contributed by atoms with Crippen molar-refractivity contribution in [2.24, 2.45) is 5.73 Å². The number of pyridine rings is 1. The summed E-state index contributed by atoms with van der Waals surface area (Å²) in [6.07, 6.45) is 3.39. The molecule has 0 bridgehead atoms. The summed E-state index contributed by atoms with van der Waals surface area (Å²) in [5.41, 5.74) is 13.9. The SMILES string of the molecule is NC(=O)c1nnc2c(-c3ccncc3)cccc2c1N. The van der Waals surface area contributed by atoms with Gasteiger partial charge in [0.15, 0.2) is 5.69 Å². The summed E-state index contributed by atoms with van der Waals surface area (Å²) in [6, 6.07) is 9.29. The van der Waals surface area contributed by atoms with Crippen LogP contribution in [-0.4, -0.2) is 21.1 Å². The van der Waals surface area contributed by atoms with E-state index in [1.165, 1.54) is 0 Å². The van der Waals surface area contributed by atoms with Gasteiger partial charge in [-0.1, -0.05) is 18.2 Å². The smallest absolute Gasteiger partial charge is 0.271 e. The van der Waals surface area contributed by atoms with Crippen molar-refractivity contribution in [1.29, 1.82) is 0 Å².